The second kappa shape index (κ2) is 5.09. The first kappa shape index (κ1) is 13.1. The maximum Gasteiger partial charge on any atom is 0.326 e. The number of hydrogen-bond donors (Lipinski definition) is 1. The summed E-state index contributed by atoms with van der Waals surface area (Å²) in [5.74, 6) is -1.35. The third kappa shape index (κ3) is 2.57. The summed E-state index contributed by atoms with van der Waals surface area (Å²) in [6, 6.07) is 6.36. The van der Waals surface area contributed by atoms with Gasteiger partial charge in [0.2, 0.25) is 5.91 Å². The number of carbonyl (C=O) groups excluding carboxylic acids is 1. The second-order valence-corrected chi connectivity index (χ2v) is 4.32. The Hall–Kier alpha value is -2.37. The highest BCUT2D eigenvalue weighted by Gasteiger charge is 2.23. The lowest BCUT2D eigenvalue weighted by molar-refractivity contribution is -0.148. The highest BCUT2D eigenvalue weighted by molar-refractivity contribution is 5.88. The molecule has 1 heterocycles. The van der Waals surface area contributed by atoms with E-state index < -0.39 is 12.0 Å². The van der Waals surface area contributed by atoms with Crippen molar-refractivity contribution in [2.45, 2.75) is 19.4 Å². The molecule has 19 heavy (non-hydrogen) atoms. The number of nitrogens with zero attached hydrogens (tertiary/aromatic N) is 2. The van der Waals surface area contributed by atoms with E-state index in [1.54, 1.807) is 6.07 Å². The van der Waals surface area contributed by atoms with Crippen LogP contribution in [0, 0.1) is 0 Å². The van der Waals surface area contributed by atoms with E-state index in [0.717, 1.165) is 5.39 Å². The Morgan fingerprint density at radius 2 is 2.11 bits per heavy atom. The molecule has 0 fully saturated rings. The van der Waals surface area contributed by atoms with Gasteiger partial charge in [-0.25, -0.2) is 4.79 Å². The van der Waals surface area contributed by atoms with Crippen molar-refractivity contribution < 1.29 is 19.2 Å². The van der Waals surface area contributed by atoms with E-state index in [0.29, 0.717) is 11.3 Å². The molecule has 6 nitrogen and oxygen atoms in total. The molecule has 6 heteroatoms. The van der Waals surface area contributed by atoms with Crippen molar-refractivity contribution in [3.63, 3.8) is 0 Å². The van der Waals surface area contributed by atoms with Crippen molar-refractivity contribution in [1.29, 1.82) is 0 Å². The number of para-hydroxylation sites is 1. The van der Waals surface area contributed by atoms with Gasteiger partial charge in [-0.3, -0.25) is 4.79 Å². The van der Waals surface area contributed by atoms with Crippen molar-refractivity contribution in [2.75, 3.05) is 7.05 Å². The Labute approximate surface area is 109 Å². The Balaban J connectivity index is 2.17. The summed E-state index contributed by atoms with van der Waals surface area (Å²) in [5.41, 5.74) is 1.13. The molecule has 2 rings (SSSR count). The average Bonchev–Trinajstić information content (AvgIpc) is 2.80. The fraction of sp³-hybridized carbons (Fsp3) is 0.308. The van der Waals surface area contributed by atoms with Crippen LogP contribution in [0.5, 0.6) is 0 Å². The number of carboxylic acids is 1. The molecule has 0 aliphatic heterocycles. The average molecular weight is 262 g/mol. The van der Waals surface area contributed by atoms with Gasteiger partial charge in [0.05, 0.1) is 6.42 Å². The third-order valence-corrected chi connectivity index (χ3v) is 3.10. The van der Waals surface area contributed by atoms with Crippen LogP contribution in [-0.4, -0.2) is 40.1 Å². The fourth-order valence-electron chi connectivity index (χ4n) is 1.72. The van der Waals surface area contributed by atoms with Crippen LogP contribution in [-0.2, 0) is 16.0 Å². The zero-order valence-electron chi connectivity index (χ0n) is 10.7. The molecule has 1 unspecified atom stereocenters. The van der Waals surface area contributed by atoms with Crippen LogP contribution in [0.15, 0.2) is 28.8 Å². The molecule has 1 aromatic carbocycles. The standard InChI is InChI=1S/C13H14N2O4/c1-8(13(17)18)15(2)12(16)7-10-9-5-3-4-6-11(9)19-14-10/h3-6,8H,7H2,1-2H3,(H,17,18). The number of hydrogen-bond acceptors (Lipinski definition) is 4. The van der Waals surface area contributed by atoms with Gasteiger partial charge in [-0.15, -0.1) is 0 Å². The highest BCUT2D eigenvalue weighted by atomic mass is 16.5. The van der Waals surface area contributed by atoms with Gasteiger partial charge in [-0.2, -0.15) is 0 Å². The van der Waals surface area contributed by atoms with E-state index >= 15 is 0 Å². The van der Waals surface area contributed by atoms with E-state index in [1.807, 2.05) is 18.2 Å². The zero-order chi connectivity index (χ0) is 14.0. The first-order valence-corrected chi connectivity index (χ1v) is 5.82. The van der Waals surface area contributed by atoms with Crippen molar-refractivity contribution >= 4 is 22.8 Å². The SMILES string of the molecule is CC(C(=O)O)N(C)C(=O)Cc1noc2ccccc12. The summed E-state index contributed by atoms with van der Waals surface area (Å²) in [4.78, 5) is 24.0. The Morgan fingerprint density at radius 1 is 1.42 bits per heavy atom. The van der Waals surface area contributed by atoms with Gasteiger partial charge >= 0.3 is 5.97 Å². The number of likely N-dealkylation sites (N-methyl/N-ethyl adjacent to an activating group) is 1. The number of rotatable bonds is 4. The molecule has 1 aromatic heterocycles. The number of aromatic nitrogens is 1. The number of carboxylic acid groups (broad SMARTS) is 1. The molecule has 0 aliphatic rings. The molecule has 1 amide bonds. The van der Waals surface area contributed by atoms with Crippen LogP contribution in [0.3, 0.4) is 0 Å². The van der Waals surface area contributed by atoms with E-state index in [2.05, 4.69) is 5.16 Å². The van der Waals surface area contributed by atoms with Gasteiger partial charge < -0.3 is 14.5 Å². The molecular weight excluding hydrogens is 248 g/mol. The van der Waals surface area contributed by atoms with Crippen LogP contribution in [0.2, 0.25) is 0 Å². The minimum Gasteiger partial charge on any atom is -0.480 e. The summed E-state index contributed by atoms with van der Waals surface area (Å²) in [7, 11) is 1.46. The van der Waals surface area contributed by atoms with Gasteiger partial charge in [0, 0.05) is 12.4 Å². The minimum atomic E-state index is -1.04. The van der Waals surface area contributed by atoms with Crippen LogP contribution < -0.4 is 0 Å². The van der Waals surface area contributed by atoms with Crippen LogP contribution in [0.25, 0.3) is 11.0 Å². The molecule has 0 saturated heterocycles. The zero-order valence-corrected chi connectivity index (χ0v) is 10.7. The predicted molar refractivity (Wildman–Crippen MR) is 67.6 cm³/mol. The monoisotopic (exact) mass is 262 g/mol. The van der Waals surface area contributed by atoms with Crippen LogP contribution >= 0.6 is 0 Å². The topological polar surface area (TPSA) is 83.6 Å². The fourth-order valence-corrected chi connectivity index (χ4v) is 1.72. The van der Waals surface area contributed by atoms with Gasteiger partial charge in [0.15, 0.2) is 5.58 Å². The summed E-state index contributed by atoms with van der Waals surface area (Å²) < 4.78 is 5.10. The van der Waals surface area contributed by atoms with Crippen molar-refractivity contribution in [3.8, 4) is 0 Å². The first-order chi connectivity index (χ1) is 9.00. The molecular formula is C13H14N2O4. The lowest BCUT2D eigenvalue weighted by Gasteiger charge is -2.20. The van der Waals surface area contributed by atoms with E-state index in [1.165, 1.54) is 18.9 Å². The Kier molecular flexibility index (Phi) is 3.50. The smallest absolute Gasteiger partial charge is 0.326 e. The number of fused-ring (bicyclic) bond motifs is 1. The van der Waals surface area contributed by atoms with E-state index in [9.17, 15) is 9.59 Å². The number of carbonyl (C=O) groups is 2. The molecule has 100 valence electrons. The number of benzene rings is 1. The first-order valence-electron chi connectivity index (χ1n) is 5.82. The lowest BCUT2D eigenvalue weighted by atomic mass is 10.1. The van der Waals surface area contributed by atoms with E-state index in [-0.39, 0.29) is 12.3 Å². The summed E-state index contributed by atoms with van der Waals surface area (Å²) >= 11 is 0. The summed E-state index contributed by atoms with van der Waals surface area (Å²) in [6.07, 6.45) is 0.0190. The van der Waals surface area contributed by atoms with Gasteiger partial charge in [-0.1, -0.05) is 17.3 Å². The molecule has 0 saturated carbocycles. The quantitative estimate of drug-likeness (QED) is 0.897. The van der Waals surface area contributed by atoms with Crippen LogP contribution in [0.1, 0.15) is 12.6 Å². The van der Waals surface area contributed by atoms with E-state index in [4.69, 9.17) is 9.63 Å². The molecule has 1 atom stereocenters. The van der Waals surface area contributed by atoms with Crippen molar-refractivity contribution in [2.24, 2.45) is 0 Å². The maximum atomic E-state index is 12.0. The maximum absolute atomic E-state index is 12.0. The molecule has 0 spiro atoms. The predicted octanol–water partition coefficient (Wildman–Crippen LogP) is 1.30. The number of amides is 1. The highest BCUT2D eigenvalue weighted by Crippen LogP contribution is 2.18. The van der Waals surface area contributed by atoms with Gasteiger partial charge in [0.1, 0.15) is 11.7 Å². The third-order valence-electron chi connectivity index (χ3n) is 3.10. The molecule has 0 radical (unpaired) electrons. The second-order valence-electron chi connectivity index (χ2n) is 4.32. The summed E-state index contributed by atoms with van der Waals surface area (Å²) in [5, 5.41) is 13.5. The molecule has 2 aromatic rings. The normalized spacial score (nSPS) is 12.3. The molecule has 0 bridgehead atoms. The Morgan fingerprint density at radius 3 is 2.79 bits per heavy atom. The van der Waals surface area contributed by atoms with Gasteiger partial charge in [0.25, 0.3) is 0 Å². The van der Waals surface area contributed by atoms with Gasteiger partial charge in [-0.05, 0) is 19.1 Å². The summed E-state index contributed by atoms with van der Waals surface area (Å²) in [6.45, 7) is 1.46. The largest absolute Gasteiger partial charge is 0.480 e. The minimum absolute atomic E-state index is 0.0190. The van der Waals surface area contributed by atoms with Crippen molar-refractivity contribution in [3.05, 3.63) is 30.0 Å². The lowest BCUT2D eigenvalue weighted by Crippen LogP contribution is -2.41. The number of aliphatic carboxylic acids is 1. The molecule has 1 N–H and O–H groups in total. The molecule has 0 aliphatic carbocycles. The van der Waals surface area contributed by atoms with Crippen molar-refractivity contribution in [1.82, 2.24) is 10.1 Å². The van der Waals surface area contributed by atoms with Crippen LogP contribution in [0.4, 0.5) is 0 Å². The Bertz CT molecular complexity index is 620.